The van der Waals surface area contributed by atoms with Crippen LogP contribution in [0.5, 0.6) is 11.5 Å². The van der Waals surface area contributed by atoms with E-state index in [2.05, 4.69) is 17.0 Å². The minimum absolute atomic E-state index is 0.0356. The van der Waals surface area contributed by atoms with Gasteiger partial charge in [-0.2, -0.15) is 0 Å². The summed E-state index contributed by atoms with van der Waals surface area (Å²) in [5, 5.41) is 0. The number of carbonyl (C=O) groups excluding carboxylic acids is 2. The van der Waals surface area contributed by atoms with Crippen molar-refractivity contribution in [2.45, 2.75) is 39.3 Å². The summed E-state index contributed by atoms with van der Waals surface area (Å²) >= 11 is 0. The normalized spacial score (nSPS) is 14.5. The number of nitrogens with zero attached hydrogens (tertiary/aromatic N) is 3. The molecule has 1 heterocycles. The first-order valence-corrected chi connectivity index (χ1v) is 16.0. The Kier molecular flexibility index (Phi) is 11.8. The van der Waals surface area contributed by atoms with E-state index in [0.717, 1.165) is 49.3 Å². The summed E-state index contributed by atoms with van der Waals surface area (Å²) in [6, 6.07) is 31.5. The first-order valence-electron chi connectivity index (χ1n) is 16.0. The zero-order valence-corrected chi connectivity index (χ0v) is 26.4. The van der Waals surface area contributed by atoms with E-state index >= 15 is 0 Å². The van der Waals surface area contributed by atoms with Crippen LogP contribution < -0.4 is 14.4 Å². The second-order valence-corrected chi connectivity index (χ2v) is 11.6. The summed E-state index contributed by atoms with van der Waals surface area (Å²) in [6.07, 6.45) is 1.78. The fourth-order valence-corrected chi connectivity index (χ4v) is 5.83. The van der Waals surface area contributed by atoms with Crippen molar-refractivity contribution in [3.05, 3.63) is 126 Å². The van der Waals surface area contributed by atoms with E-state index in [4.69, 9.17) is 9.47 Å². The summed E-state index contributed by atoms with van der Waals surface area (Å²) in [6.45, 7) is 5.98. The van der Waals surface area contributed by atoms with Gasteiger partial charge in [0.2, 0.25) is 5.91 Å². The fraction of sp³-hybridized carbons (Fsp3) is 0.316. The van der Waals surface area contributed by atoms with Crippen molar-refractivity contribution >= 4 is 17.5 Å². The highest BCUT2D eigenvalue weighted by molar-refractivity contribution is 5.96. The summed E-state index contributed by atoms with van der Waals surface area (Å²) in [5.74, 6) is 0.663. The van der Waals surface area contributed by atoms with Crippen molar-refractivity contribution in [3.8, 4) is 11.5 Å². The second-order valence-electron chi connectivity index (χ2n) is 11.6. The van der Waals surface area contributed by atoms with Gasteiger partial charge in [0, 0.05) is 39.3 Å². The van der Waals surface area contributed by atoms with Gasteiger partial charge < -0.3 is 19.3 Å². The highest BCUT2D eigenvalue weighted by Gasteiger charge is 2.25. The number of fused-ring (bicyclic) bond motifs is 1. The van der Waals surface area contributed by atoms with Crippen LogP contribution in [0.3, 0.4) is 0 Å². The van der Waals surface area contributed by atoms with E-state index in [0.29, 0.717) is 31.1 Å². The predicted molar refractivity (Wildman–Crippen MR) is 178 cm³/mol. The first kappa shape index (κ1) is 32.7. The summed E-state index contributed by atoms with van der Waals surface area (Å²) < 4.78 is 25.0. The van der Waals surface area contributed by atoms with Crippen LogP contribution in [0, 0.1) is 12.7 Å². The molecule has 7 nitrogen and oxygen atoms in total. The third-order valence-corrected chi connectivity index (χ3v) is 8.12. The molecule has 1 aliphatic heterocycles. The van der Waals surface area contributed by atoms with Crippen LogP contribution in [0.25, 0.3) is 0 Å². The van der Waals surface area contributed by atoms with Crippen molar-refractivity contribution in [3.63, 3.8) is 0 Å². The van der Waals surface area contributed by atoms with Gasteiger partial charge in [0.25, 0.3) is 5.91 Å². The molecule has 8 heteroatoms. The molecule has 46 heavy (non-hydrogen) atoms. The van der Waals surface area contributed by atoms with Crippen molar-refractivity contribution < 1.29 is 23.5 Å². The molecular weight excluding hydrogens is 581 g/mol. The average Bonchev–Trinajstić information content (AvgIpc) is 3.06. The summed E-state index contributed by atoms with van der Waals surface area (Å²) in [5.41, 5.74) is 3.95. The zero-order valence-electron chi connectivity index (χ0n) is 26.4. The maximum Gasteiger partial charge on any atom is 0.264 e. The molecule has 0 fully saturated rings. The highest BCUT2D eigenvalue weighted by atomic mass is 19.1. The van der Waals surface area contributed by atoms with Crippen LogP contribution in [-0.2, 0) is 22.7 Å². The van der Waals surface area contributed by atoms with Crippen molar-refractivity contribution in [1.29, 1.82) is 0 Å². The van der Waals surface area contributed by atoms with Crippen LogP contribution in [0.4, 0.5) is 10.1 Å². The largest absolute Gasteiger partial charge is 0.493 e. The van der Waals surface area contributed by atoms with Gasteiger partial charge in [-0.15, -0.1) is 0 Å². The SMILES string of the molecule is Cc1cccc2c1N(C(=O)COc1ccccc1)CCCN(Cc1ccccc1)CCCN(C(=O)CCOc1ccc(F)cc1)C2. The van der Waals surface area contributed by atoms with Crippen molar-refractivity contribution in [2.75, 3.05) is 44.3 Å². The van der Waals surface area contributed by atoms with Gasteiger partial charge >= 0.3 is 0 Å². The number of anilines is 1. The lowest BCUT2D eigenvalue weighted by Gasteiger charge is -2.32. The third-order valence-electron chi connectivity index (χ3n) is 8.12. The van der Waals surface area contributed by atoms with Crippen LogP contribution in [-0.4, -0.2) is 61.0 Å². The Hall–Kier alpha value is -4.69. The number of ether oxygens (including phenoxy) is 2. The molecule has 2 amide bonds. The van der Waals surface area contributed by atoms with E-state index in [1.165, 1.54) is 17.7 Å². The highest BCUT2D eigenvalue weighted by Crippen LogP contribution is 2.28. The van der Waals surface area contributed by atoms with Crippen molar-refractivity contribution in [1.82, 2.24) is 9.80 Å². The monoisotopic (exact) mass is 623 g/mol. The number of carbonyl (C=O) groups is 2. The van der Waals surface area contributed by atoms with Crippen molar-refractivity contribution in [2.24, 2.45) is 0 Å². The lowest BCUT2D eigenvalue weighted by Crippen LogP contribution is -2.41. The Morgan fingerprint density at radius 3 is 2.13 bits per heavy atom. The molecule has 0 aromatic heterocycles. The van der Waals surface area contributed by atoms with Crippen LogP contribution in [0.2, 0.25) is 0 Å². The molecule has 1 aliphatic rings. The number of rotatable bonds is 9. The van der Waals surface area contributed by atoms with E-state index in [9.17, 15) is 14.0 Å². The molecule has 0 N–H and O–H groups in total. The lowest BCUT2D eigenvalue weighted by molar-refractivity contribution is -0.132. The Bertz CT molecular complexity index is 1550. The molecule has 240 valence electrons. The topological polar surface area (TPSA) is 62.3 Å². The van der Waals surface area contributed by atoms with Gasteiger partial charge in [0.15, 0.2) is 6.61 Å². The van der Waals surface area contributed by atoms with Crippen LogP contribution in [0.15, 0.2) is 103 Å². The molecule has 5 rings (SSSR count). The third kappa shape index (κ3) is 9.41. The Morgan fingerprint density at radius 1 is 0.717 bits per heavy atom. The minimum atomic E-state index is -0.336. The number of halogens is 1. The minimum Gasteiger partial charge on any atom is -0.493 e. The molecule has 0 spiro atoms. The van der Waals surface area contributed by atoms with Crippen LogP contribution in [0.1, 0.15) is 36.0 Å². The van der Waals surface area contributed by atoms with Gasteiger partial charge in [0.1, 0.15) is 17.3 Å². The molecule has 0 aliphatic carbocycles. The van der Waals surface area contributed by atoms with Gasteiger partial charge in [0.05, 0.1) is 18.7 Å². The number of hydrogen-bond donors (Lipinski definition) is 0. The van der Waals surface area contributed by atoms with Gasteiger partial charge in [-0.05, 0) is 72.9 Å². The lowest BCUT2D eigenvalue weighted by atomic mass is 10.0. The van der Waals surface area contributed by atoms with Gasteiger partial charge in [-0.25, -0.2) is 4.39 Å². The number of para-hydroxylation sites is 2. The molecule has 0 saturated carbocycles. The molecule has 0 radical (unpaired) electrons. The molecule has 0 unspecified atom stereocenters. The number of amides is 2. The Morgan fingerprint density at radius 2 is 1.39 bits per heavy atom. The predicted octanol–water partition coefficient (Wildman–Crippen LogP) is 6.64. The Balaban J connectivity index is 1.38. The van der Waals surface area contributed by atoms with Gasteiger partial charge in [-0.1, -0.05) is 66.7 Å². The second kappa shape index (κ2) is 16.6. The van der Waals surface area contributed by atoms with Gasteiger partial charge in [-0.3, -0.25) is 14.5 Å². The van der Waals surface area contributed by atoms with Crippen LogP contribution >= 0.6 is 0 Å². The zero-order chi connectivity index (χ0) is 32.1. The Labute approximate surface area is 271 Å². The number of benzene rings is 4. The molecule has 4 aromatic rings. The van der Waals surface area contributed by atoms with E-state index in [-0.39, 0.29) is 37.3 Å². The van der Waals surface area contributed by atoms with E-state index in [1.54, 1.807) is 12.1 Å². The molecule has 4 aromatic carbocycles. The quantitative estimate of drug-likeness (QED) is 0.209. The summed E-state index contributed by atoms with van der Waals surface area (Å²) in [4.78, 5) is 33.6. The number of hydrogen-bond acceptors (Lipinski definition) is 5. The molecule has 0 atom stereocenters. The first-order chi connectivity index (χ1) is 22.5. The fourth-order valence-electron chi connectivity index (χ4n) is 5.83. The van der Waals surface area contributed by atoms with E-state index < -0.39 is 0 Å². The molecule has 0 bridgehead atoms. The number of aryl methyl sites for hydroxylation is 1. The standard InChI is InChI=1S/C38H42FN3O4/c1-30-11-8-14-32-28-41(36(43)21-26-45-35-19-17-33(39)18-20-35)24-9-22-40(27-31-12-4-2-5-13-31)23-10-25-42(38(30)32)37(44)29-46-34-15-6-3-7-16-34/h2-8,11-20H,9-10,21-29H2,1H3. The smallest absolute Gasteiger partial charge is 0.264 e. The summed E-state index contributed by atoms with van der Waals surface area (Å²) in [7, 11) is 0. The maximum absolute atomic E-state index is 13.9. The molecule has 0 saturated heterocycles. The molecular formula is C38H42FN3O4. The van der Waals surface area contributed by atoms with E-state index in [1.807, 2.05) is 83.5 Å². The average molecular weight is 624 g/mol. The maximum atomic E-state index is 13.9.